The summed E-state index contributed by atoms with van der Waals surface area (Å²) in [5.41, 5.74) is 0.639. The van der Waals surface area contributed by atoms with E-state index in [9.17, 15) is 9.90 Å². The van der Waals surface area contributed by atoms with Crippen molar-refractivity contribution in [3.05, 3.63) is 52.6 Å². The molecule has 3 heterocycles. The van der Waals surface area contributed by atoms with Gasteiger partial charge < -0.3 is 25.5 Å². The topological polar surface area (TPSA) is 125 Å². The molecule has 0 saturated heterocycles. The van der Waals surface area contributed by atoms with Gasteiger partial charge in [0.25, 0.3) is 5.56 Å². The summed E-state index contributed by atoms with van der Waals surface area (Å²) in [6.07, 6.45) is 3.26. The van der Waals surface area contributed by atoms with E-state index in [0.29, 0.717) is 33.9 Å². The van der Waals surface area contributed by atoms with E-state index < -0.39 is 0 Å². The van der Waals surface area contributed by atoms with Gasteiger partial charge in [0.2, 0.25) is 0 Å². The summed E-state index contributed by atoms with van der Waals surface area (Å²) in [6.45, 7) is 7.73. The maximum atomic E-state index is 12.9. The third kappa shape index (κ3) is 4.74. The minimum absolute atomic E-state index is 0.126. The van der Waals surface area contributed by atoms with Crippen molar-refractivity contribution in [1.29, 1.82) is 0 Å². The van der Waals surface area contributed by atoms with Gasteiger partial charge in [-0.25, -0.2) is 9.97 Å². The van der Waals surface area contributed by atoms with Crippen LogP contribution < -0.4 is 16.2 Å². The summed E-state index contributed by atoms with van der Waals surface area (Å²) in [7, 11) is 0. The van der Waals surface area contributed by atoms with E-state index in [0.717, 1.165) is 5.56 Å². The molecular formula is C21H26N6O3. The van der Waals surface area contributed by atoms with Crippen molar-refractivity contribution < 1.29 is 10.3 Å². The maximum absolute atomic E-state index is 12.9. The summed E-state index contributed by atoms with van der Waals surface area (Å²) in [6, 6.07) is 7.08. The van der Waals surface area contributed by atoms with Gasteiger partial charge in [0, 0.05) is 30.0 Å². The van der Waals surface area contributed by atoms with Crippen molar-refractivity contribution in [2.75, 3.05) is 17.2 Å². The molecule has 0 aliphatic rings. The zero-order valence-electron chi connectivity index (χ0n) is 17.5. The highest BCUT2D eigenvalue weighted by molar-refractivity contribution is 5.99. The largest absolute Gasteiger partial charge is 0.411 e. The standard InChI is InChI=1S/C21H26N6O3/c1-13(26-30)14-5-7-22-16(11-14)23-17-12-15-6-8-27(9-10-28)20(29)18(15)19(24-17)25-21(2,3)4/h5-8,11-12,28,30H,9-10H2,1-4H3,(H2,22,23,24,25)/b26-13+. The number of aliphatic hydroxyl groups excluding tert-OH is 1. The Morgan fingerprint density at radius 1 is 1.23 bits per heavy atom. The minimum atomic E-state index is -0.324. The van der Waals surface area contributed by atoms with E-state index in [2.05, 4.69) is 25.8 Å². The lowest BCUT2D eigenvalue weighted by Gasteiger charge is -2.23. The molecule has 9 heteroatoms. The summed E-state index contributed by atoms with van der Waals surface area (Å²) < 4.78 is 1.47. The van der Waals surface area contributed by atoms with E-state index in [1.54, 1.807) is 37.5 Å². The van der Waals surface area contributed by atoms with E-state index in [-0.39, 0.29) is 24.2 Å². The molecule has 0 atom stereocenters. The molecule has 0 radical (unpaired) electrons. The van der Waals surface area contributed by atoms with Crippen molar-refractivity contribution in [3.63, 3.8) is 0 Å². The molecule has 0 aliphatic carbocycles. The molecule has 0 aliphatic heterocycles. The van der Waals surface area contributed by atoms with E-state index in [1.807, 2.05) is 26.8 Å². The number of rotatable bonds is 6. The molecule has 0 fully saturated rings. The third-order valence-electron chi connectivity index (χ3n) is 4.38. The first-order valence-electron chi connectivity index (χ1n) is 9.57. The predicted octanol–water partition coefficient (Wildman–Crippen LogP) is 2.94. The first-order valence-corrected chi connectivity index (χ1v) is 9.57. The van der Waals surface area contributed by atoms with Gasteiger partial charge >= 0.3 is 0 Å². The number of pyridine rings is 3. The number of aromatic nitrogens is 3. The Hall–Kier alpha value is -3.46. The van der Waals surface area contributed by atoms with Crippen molar-refractivity contribution in [1.82, 2.24) is 14.5 Å². The van der Waals surface area contributed by atoms with Crippen LogP contribution in [-0.2, 0) is 6.54 Å². The summed E-state index contributed by atoms with van der Waals surface area (Å²) in [5, 5.41) is 29.1. The van der Waals surface area contributed by atoms with Gasteiger partial charge in [-0.2, -0.15) is 0 Å². The highest BCUT2D eigenvalue weighted by atomic mass is 16.4. The lowest BCUT2D eigenvalue weighted by Crippen LogP contribution is -2.29. The molecule has 0 bridgehead atoms. The highest BCUT2D eigenvalue weighted by Crippen LogP contribution is 2.26. The monoisotopic (exact) mass is 410 g/mol. The molecule has 4 N–H and O–H groups in total. The van der Waals surface area contributed by atoms with Crippen molar-refractivity contribution in [2.45, 2.75) is 39.8 Å². The van der Waals surface area contributed by atoms with Crippen LogP contribution in [0.5, 0.6) is 0 Å². The van der Waals surface area contributed by atoms with Crippen LogP contribution in [-0.4, -0.2) is 42.7 Å². The fraction of sp³-hybridized carbons (Fsp3) is 0.333. The second kappa shape index (κ2) is 8.50. The predicted molar refractivity (Wildman–Crippen MR) is 118 cm³/mol. The molecule has 9 nitrogen and oxygen atoms in total. The fourth-order valence-electron chi connectivity index (χ4n) is 3.01. The van der Waals surface area contributed by atoms with Crippen molar-refractivity contribution in [3.8, 4) is 0 Å². The number of aliphatic hydroxyl groups is 1. The smallest absolute Gasteiger partial charge is 0.262 e. The molecule has 3 rings (SSSR count). The molecule has 0 amide bonds. The second-order valence-electron chi connectivity index (χ2n) is 7.97. The number of nitrogens with zero attached hydrogens (tertiary/aromatic N) is 4. The van der Waals surface area contributed by atoms with Crippen molar-refractivity contribution in [2.24, 2.45) is 5.16 Å². The second-order valence-corrected chi connectivity index (χ2v) is 7.97. The number of hydrogen-bond acceptors (Lipinski definition) is 8. The zero-order chi connectivity index (χ0) is 21.9. The molecule has 3 aromatic rings. The van der Waals surface area contributed by atoms with Crippen LogP contribution in [0.3, 0.4) is 0 Å². The Labute approximate surface area is 174 Å². The molecule has 158 valence electrons. The van der Waals surface area contributed by atoms with Gasteiger partial charge in [0.05, 0.1) is 17.7 Å². The molecule has 0 aromatic carbocycles. The highest BCUT2D eigenvalue weighted by Gasteiger charge is 2.17. The first kappa shape index (κ1) is 21.3. The van der Waals surface area contributed by atoms with E-state index in [1.165, 1.54) is 4.57 Å². The fourth-order valence-corrected chi connectivity index (χ4v) is 3.01. The summed E-state index contributed by atoms with van der Waals surface area (Å²) >= 11 is 0. The average Bonchev–Trinajstić information content (AvgIpc) is 2.68. The number of nitrogens with one attached hydrogen (secondary N) is 2. The SMILES string of the molecule is C/C(=N\O)c1ccnc(Nc2cc3ccn(CCO)c(=O)c3c(NC(C)(C)C)n2)c1. The van der Waals surface area contributed by atoms with Gasteiger partial charge in [-0.3, -0.25) is 4.79 Å². The molecular weight excluding hydrogens is 384 g/mol. The molecule has 3 aromatic heterocycles. The summed E-state index contributed by atoms with van der Waals surface area (Å²) in [4.78, 5) is 21.9. The quantitative estimate of drug-likeness (QED) is 0.280. The van der Waals surface area contributed by atoms with Crippen LogP contribution in [0.25, 0.3) is 10.8 Å². The number of oxime groups is 1. The Kier molecular flexibility index (Phi) is 6.02. The normalized spacial score (nSPS) is 12.2. The molecule has 0 saturated carbocycles. The van der Waals surface area contributed by atoms with Gasteiger partial charge in [-0.1, -0.05) is 5.16 Å². The van der Waals surface area contributed by atoms with Gasteiger partial charge in [0.1, 0.15) is 17.5 Å². The lowest BCUT2D eigenvalue weighted by molar-refractivity contribution is 0.274. The molecule has 30 heavy (non-hydrogen) atoms. The van der Waals surface area contributed by atoms with Crippen LogP contribution in [0.2, 0.25) is 0 Å². The molecule has 0 unspecified atom stereocenters. The van der Waals surface area contributed by atoms with Gasteiger partial charge in [-0.05, 0) is 57.3 Å². The van der Waals surface area contributed by atoms with E-state index >= 15 is 0 Å². The first-order chi connectivity index (χ1) is 14.2. The maximum Gasteiger partial charge on any atom is 0.262 e. The average molecular weight is 410 g/mol. The number of anilines is 3. The summed E-state index contributed by atoms with van der Waals surface area (Å²) in [5.74, 6) is 1.48. The third-order valence-corrected chi connectivity index (χ3v) is 4.38. The van der Waals surface area contributed by atoms with Gasteiger partial charge in [0.15, 0.2) is 0 Å². The Morgan fingerprint density at radius 3 is 2.67 bits per heavy atom. The van der Waals surface area contributed by atoms with Gasteiger partial charge in [-0.15, -0.1) is 0 Å². The zero-order valence-corrected chi connectivity index (χ0v) is 17.5. The van der Waals surface area contributed by atoms with E-state index in [4.69, 9.17) is 5.21 Å². The Bertz CT molecular complexity index is 1150. The number of fused-ring (bicyclic) bond motifs is 1. The molecule has 0 spiro atoms. The van der Waals surface area contributed by atoms with Crippen LogP contribution >= 0.6 is 0 Å². The van der Waals surface area contributed by atoms with Crippen LogP contribution in [0.15, 0.2) is 46.6 Å². The van der Waals surface area contributed by atoms with Crippen LogP contribution in [0, 0.1) is 0 Å². The Balaban J connectivity index is 2.11. The number of hydrogen-bond donors (Lipinski definition) is 4. The minimum Gasteiger partial charge on any atom is -0.411 e. The van der Waals surface area contributed by atoms with Crippen LogP contribution in [0.4, 0.5) is 17.5 Å². The van der Waals surface area contributed by atoms with Crippen LogP contribution in [0.1, 0.15) is 33.3 Å². The lowest BCUT2D eigenvalue weighted by atomic mass is 10.1. The Morgan fingerprint density at radius 2 is 2.00 bits per heavy atom. The van der Waals surface area contributed by atoms with Crippen molar-refractivity contribution >= 4 is 33.9 Å².